The van der Waals surface area contributed by atoms with Gasteiger partial charge in [0.25, 0.3) is 0 Å². The van der Waals surface area contributed by atoms with Crippen molar-refractivity contribution in [3.63, 3.8) is 0 Å². The van der Waals surface area contributed by atoms with Gasteiger partial charge in [-0.2, -0.15) is 0 Å². The van der Waals surface area contributed by atoms with Gasteiger partial charge >= 0.3 is 0 Å². The maximum atomic E-state index is 13.5. The number of nitrogens with one attached hydrogen (secondary N) is 1. The lowest BCUT2D eigenvalue weighted by Gasteiger charge is -2.48. The molecule has 3 aliphatic heterocycles. The standard InChI is InChI=1S/C76H145NO18/c1-3-5-7-9-11-13-15-17-19-21-23-25-27-28-29-30-32-34-36-38-40-42-44-46-48-50-52-54-64(82)77-59(60(81)53-51-49-47-45-43-41-39-37-35-33-31-26-24-22-20-18-16-14-12-10-8-6-4-2)58-90-74-70(88)67(85)72(62(56-79)92-74)95-76-71(89)68(86)73(63(57-80)93-76)94-75-69(87)66(84)65(83)61(55-78)91-75/h21,23,59-63,65-76,78-81,83-89H,3-20,22,24-58H2,1-2H3,(H,77,82)/b23-21-. The van der Waals surface area contributed by atoms with Crippen molar-refractivity contribution in [2.45, 2.75) is 439 Å². The Morgan fingerprint density at radius 2 is 0.663 bits per heavy atom. The monoisotopic (exact) mass is 1360 g/mol. The van der Waals surface area contributed by atoms with Gasteiger partial charge in [-0.15, -0.1) is 0 Å². The highest BCUT2D eigenvalue weighted by Gasteiger charge is 2.54. The number of ether oxygens (including phenoxy) is 6. The maximum absolute atomic E-state index is 13.5. The maximum Gasteiger partial charge on any atom is 0.220 e. The molecular weight excluding hydrogens is 1210 g/mol. The average molecular weight is 1360 g/mol. The molecule has 3 saturated heterocycles. The van der Waals surface area contributed by atoms with Crippen LogP contribution in [0.2, 0.25) is 0 Å². The first-order valence-electron chi connectivity index (χ1n) is 39.4. The zero-order valence-electron chi connectivity index (χ0n) is 59.9. The summed E-state index contributed by atoms with van der Waals surface area (Å²) in [5.41, 5.74) is 0. The highest BCUT2D eigenvalue weighted by Crippen LogP contribution is 2.33. The third-order valence-electron chi connectivity index (χ3n) is 20.1. The number of unbranched alkanes of at least 4 members (excludes halogenated alkanes) is 45. The summed E-state index contributed by atoms with van der Waals surface area (Å²) in [4.78, 5) is 13.5. The van der Waals surface area contributed by atoms with E-state index < -0.39 is 124 Å². The highest BCUT2D eigenvalue weighted by molar-refractivity contribution is 5.76. The molecule has 19 heteroatoms. The molecule has 3 aliphatic rings. The summed E-state index contributed by atoms with van der Waals surface area (Å²) in [6.45, 7) is 1.86. The van der Waals surface area contributed by atoms with Gasteiger partial charge in [0, 0.05) is 6.42 Å². The Hall–Kier alpha value is -1.47. The Labute approximate surface area is 576 Å². The molecule has 0 aromatic heterocycles. The number of hydrogen-bond acceptors (Lipinski definition) is 18. The molecule has 17 unspecified atom stereocenters. The molecule has 95 heavy (non-hydrogen) atoms. The molecule has 0 aromatic carbocycles. The quantitative estimate of drug-likeness (QED) is 0.0199. The van der Waals surface area contributed by atoms with E-state index in [1.54, 1.807) is 0 Å². The van der Waals surface area contributed by atoms with Crippen LogP contribution in [0.1, 0.15) is 335 Å². The van der Waals surface area contributed by atoms with Gasteiger partial charge in [-0.1, -0.05) is 302 Å². The summed E-state index contributed by atoms with van der Waals surface area (Å²) in [5, 5.41) is 121. The summed E-state index contributed by atoms with van der Waals surface area (Å²) in [5.74, 6) is -0.235. The first-order valence-corrected chi connectivity index (χ1v) is 39.4. The van der Waals surface area contributed by atoms with Crippen LogP contribution in [0.25, 0.3) is 0 Å². The molecule has 3 fully saturated rings. The van der Waals surface area contributed by atoms with Crippen molar-refractivity contribution < 1.29 is 89.4 Å². The van der Waals surface area contributed by atoms with Crippen molar-refractivity contribution >= 4 is 5.91 Å². The molecule has 562 valence electrons. The fourth-order valence-electron chi connectivity index (χ4n) is 13.7. The summed E-state index contributed by atoms with van der Waals surface area (Å²) in [6, 6.07) is -0.885. The molecule has 0 aliphatic carbocycles. The summed E-state index contributed by atoms with van der Waals surface area (Å²) in [7, 11) is 0. The van der Waals surface area contributed by atoms with E-state index in [0.717, 1.165) is 44.9 Å². The van der Waals surface area contributed by atoms with E-state index in [4.69, 9.17) is 28.4 Å². The number of rotatable bonds is 63. The van der Waals surface area contributed by atoms with Crippen LogP contribution in [-0.4, -0.2) is 193 Å². The van der Waals surface area contributed by atoms with Crippen molar-refractivity contribution in [3.05, 3.63) is 12.2 Å². The molecule has 3 rings (SSSR count). The topological polar surface area (TPSA) is 307 Å². The lowest BCUT2D eigenvalue weighted by atomic mass is 9.96. The van der Waals surface area contributed by atoms with Crippen molar-refractivity contribution in [3.8, 4) is 0 Å². The Kier molecular flexibility index (Phi) is 53.6. The number of carbonyl (C=O) groups is 1. The van der Waals surface area contributed by atoms with Crippen molar-refractivity contribution in [1.29, 1.82) is 0 Å². The lowest BCUT2D eigenvalue weighted by molar-refractivity contribution is -0.379. The summed E-state index contributed by atoms with van der Waals surface area (Å²) < 4.78 is 34.5. The van der Waals surface area contributed by atoms with Gasteiger partial charge in [0.2, 0.25) is 5.91 Å². The Bertz CT molecular complexity index is 1770. The largest absolute Gasteiger partial charge is 0.394 e. The summed E-state index contributed by atoms with van der Waals surface area (Å²) in [6.07, 6.45) is 40.1. The minimum Gasteiger partial charge on any atom is -0.394 e. The van der Waals surface area contributed by atoms with E-state index in [-0.39, 0.29) is 18.9 Å². The first kappa shape index (κ1) is 87.7. The average Bonchev–Trinajstić information content (AvgIpc) is 0.787. The van der Waals surface area contributed by atoms with Crippen LogP contribution in [0.15, 0.2) is 12.2 Å². The lowest BCUT2D eigenvalue weighted by Crippen LogP contribution is -2.66. The van der Waals surface area contributed by atoms with Crippen LogP contribution in [0, 0.1) is 0 Å². The number of allylic oxidation sites excluding steroid dienone is 2. The van der Waals surface area contributed by atoms with Crippen LogP contribution in [-0.2, 0) is 33.2 Å². The molecule has 3 heterocycles. The van der Waals surface area contributed by atoms with E-state index in [1.807, 2.05) is 0 Å². The second-order valence-electron chi connectivity index (χ2n) is 28.5. The number of hydrogen-bond donors (Lipinski definition) is 12. The molecule has 0 bridgehead atoms. The van der Waals surface area contributed by atoms with E-state index in [9.17, 15) is 61.0 Å². The predicted octanol–water partition coefficient (Wildman–Crippen LogP) is 12.4. The first-order chi connectivity index (χ1) is 46.3. The van der Waals surface area contributed by atoms with E-state index in [1.165, 1.54) is 257 Å². The van der Waals surface area contributed by atoms with Gasteiger partial charge in [-0.05, 0) is 38.5 Å². The van der Waals surface area contributed by atoms with Crippen molar-refractivity contribution in [2.75, 3.05) is 26.4 Å². The number of carbonyl (C=O) groups excluding carboxylic acids is 1. The van der Waals surface area contributed by atoms with E-state index in [2.05, 4.69) is 31.3 Å². The zero-order valence-corrected chi connectivity index (χ0v) is 59.9. The second-order valence-corrected chi connectivity index (χ2v) is 28.5. The summed E-state index contributed by atoms with van der Waals surface area (Å²) >= 11 is 0. The van der Waals surface area contributed by atoms with Crippen molar-refractivity contribution in [2.24, 2.45) is 0 Å². The molecule has 1 amide bonds. The molecule has 19 nitrogen and oxygen atoms in total. The van der Waals surface area contributed by atoms with Crippen LogP contribution in [0.5, 0.6) is 0 Å². The van der Waals surface area contributed by atoms with Crippen molar-refractivity contribution in [1.82, 2.24) is 5.32 Å². The Morgan fingerprint density at radius 1 is 0.368 bits per heavy atom. The van der Waals surface area contributed by atoms with Crippen LogP contribution < -0.4 is 5.32 Å². The van der Waals surface area contributed by atoms with E-state index in [0.29, 0.717) is 12.8 Å². The van der Waals surface area contributed by atoms with Gasteiger partial charge in [0.1, 0.15) is 73.2 Å². The van der Waals surface area contributed by atoms with Crippen LogP contribution >= 0.6 is 0 Å². The third kappa shape index (κ3) is 39.0. The third-order valence-corrected chi connectivity index (χ3v) is 20.1. The van der Waals surface area contributed by atoms with Gasteiger partial charge in [0.05, 0.1) is 38.6 Å². The number of aliphatic hydroxyl groups is 11. The molecule has 0 saturated carbocycles. The minimum absolute atomic E-state index is 0.235. The van der Waals surface area contributed by atoms with Gasteiger partial charge in [-0.3, -0.25) is 4.79 Å². The normalized spacial score (nSPS) is 27.2. The van der Waals surface area contributed by atoms with E-state index >= 15 is 0 Å². The molecule has 12 N–H and O–H groups in total. The van der Waals surface area contributed by atoms with Gasteiger partial charge in [-0.25, -0.2) is 0 Å². The fraction of sp³-hybridized carbons (Fsp3) is 0.961. The van der Waals surface area contributed by atoms with Gasteiger partial charge in [0.15, 0.2) is 18.9 Å². The predicted molar refractivity (Wildman–Crippen MR) is 374 cm³/mol. The SMILES string of the molecule is CCCCCCCCCC/C=C\CCCCCCCCCCCCCCCCCC(=O)NC(COC1OC(CO)C(OC2OC(CO)C(OC3OC(CO)C(O)C(O)C3O)C(O)C2O)C(O)C1O)C(O)CCCCCCCCCCCCCCCCCCCCCCCCC. The Balaban J connectivity index is 1.38. The molecular formula is C76H145NO18. The molecule has 0 radical (unpaired) electrons. The minimum atomic E-state index is -1.97. The van der Waals surface area contributed by atoms with Crippen LogP contribution in [0.4, 0.5) is 0 Å². The number of aliphatic hydroxyl groups excluding tert-OH is 11. The fourth-order valence-corrected chi connectivity index (χ4v) is 13.7. The number of amides is 1. The smallest absolute Gasteiger partial charge is 0.220 e. The van der Waals surface area contributed by atoms with Crippen LogP contribution in [0.3, 0.4) is 0 Å². The highest BCUT2D eigenvalue weighted by atomic mass is 16.8. The Morgan fingerprint density at radius 3 is 1.02 bits per heavy atom. The van der Waals surface area contributed by atoms with Gasteiger partial charge < -0.3 is 89.9 Å². The zero-order chi connectivity index (χ0) is 68.9. The molecule has 17 atom stereocenters. The second kappa shape index (κ2) is 58.1. The molecule has 0 spiro atoms. The molecule has 0 aromatic rings.